The summed E-state index contributed by atoms with van der Waals surface area (Å²) < 4.78 is 15.4. The number of hydrogen-bond acceptors (Lipinski definition) is 7. The van der Waals surface area contributed by atoms with Gasteiger partial charge in [-0.25, -0.2) is 9.59 Å². The van der Waals surface area contributed by atoms with E-state index in [1.807, 2.05) is 0 Å². The molecule has 9 heteroatoms. The smallest absolute Gasteiger partial charge is 0.344 e. The van der Waals surface area contributed by atoms with Gasteiger partial charge in [-0.1, -0.05) is 0 Å². The third-order valence-electron chi connectivity index (χ3n) is 4.94. The molecule has 1 aromatic carbocycles. The van der Waals surface area contributed by atoms with Crippen LogP contribution in [-0.2, 0) is 9.53 Å². The van der Waals surface area contributed by atoms with Crippen LogP contribution in [0.25, 0.3) is 11.0 Å². The monoisotopic (exact) mass is 424 g/mol. The highest BCUT2D eigenvalue weighted by Gasteiger charge is 2.22. The highest BCUT2D eigenvalue weighted by atomic mass is 16.6. The van der Waals surface area contributed by atoms with Crippen LogP contribution in [0.15, 0.2) is 51.8 Å². The van der Waals surface area contributed by atoms with Crippen LogP contribution in [0.5, 0.6) is 5.75 Å². The Morgan fingerprint density at radius 2 is 1.81 bits per heavy atom. The molecule has 0 unspecified atom stereocenters. The number of nitrogens with one attached hydrogen (secondary N) is 1. The summed E-state index contributed by atoms with van der Waals surface area (Å²) in [7, 11) is 0. The Labute approximate surface area is 176 Å². The fraction of sp³-hybridized carbons (Fsp3) is 0.273. The number of Topliss-reactive ketones (excluding diaryl/α,β-unsaturated/α-hetero) is 1. The fourth-order valence-corrected chi connectivity index (χ4v) is 3.31. The highest BCUT2D eigenvalue weighted by molar-refractivity contribution is 6.01. The van der Waals surface area contributed by atoms with Crippen molar-refractivity contribution in [2.45, 2.75) is 12.8 Å². The molecule has 0 bridgehead atoms. The molecule has 1 N–H and O–H groups in total. The number of aromatic amines is 1. The Kier molecular flexibility index (Phi) is 5.83. The van der Waals surface area contributed by atoms with E-state index in [0.29, 0.717) is 35.5 Å². The summed E-state index contributed by atoms with van der Waals surface area (Å²) in [5, 5.41) is 0.717. The standard InChI is InChI=1S/C22H20N2O7/c25-18(15-9-17(23-11-15)22(28)24-7-1-2-8-24)12-30-21(27)13-29-16-5-3-14-4-6-20(26)31-19(14)10-16/h3-6,9-11,23H,1-2,7-8,12-13H2. The first kappa shape index (κ1) is 20.4. The molecule has 3 heterocycles. The molecule has 1 saturated heterocycles. The lowest BCUT2D eigenvalue weighted by molar-refractivity contribution is -0.144. The van der Waals surface area contributed by atoms with E-state index >= 15 is 0 Å². The molecule has 3 aromatic rings. The van der Waals surface area contributed by atoms with Gasteiger partial charge in [-0.3, -0.25) is 9.59 Å². The third-order valence-corrected chi connectivity index (χ3v) is 4.94. The maximum absolute atomic E-state index is 12.3. The molecule has 0 saturated carbocycles. The van der Waals surface area contributed by atoms with Crippen molar-refractivity contribution in [1.82, 2.24) is 9.88 Å². The van der Waals surface area contributed by atoms with E-state index in [9.17, 15) is 19.2 Å². The third kappa shape index (κ3) is 4.82. The number of esters is 1. The number of nitrogens with zero attached hydrogens (tertiary/aromatic N) is 1. The number of amides is 1. The largest absolute Gasteiger partial charge is 0.482 e. The first-order valence-corrected chi connectivity index (χ1v) is 9.83. The molecule has 2 aromatic heterocycles. The minimum Gasteiger partial charge on any atom is -0.482 e. The van der Waals surface area contributed by atoms with E-state index in [-0.39, 0.29) is 11.5 Å². The molecule has 160 valence electrons. The normalized spacial score (nSPS) is 13.4. The Morgan fingerprint density at radius 3 is 2.61 bits per heavy atom. The predicted molar refractivity (Wildman–Crippen MR) is 109 cm³/mol. The maximum atomic E-state index is 12.3. The van der Waals surface area contributed by atoms with E-state index in [2.05, 4.69) is 4.98 Å². The number of carbonyl (C=O) groups excluding carboxylic acids is 3. The van der Waals surface area contributed by atoms with Gasteiger partial charge in [0.15, 0.2) is 13.2 Å². The number of fused-ring (bicyclic) bond motifs is 1. The van der Waals surface area contributed by atoms with Crippen LogP contribution in [0.4, 0.5) is 0 Å². The van der Waals surface area contributed by atoms with Gasteiger partial charge in [0.25, 0.3) is 5.91 Å². The average molecular weight is 424 g/mol. The number of rotatable bonds is 7. The van der Waals surface area contributed by atoms with E-state index in [4.69, 9.17) is 13.9 Å². The van der Waals surface area contributed by atoms with E-state index in [1.54, 1.807) is 23.1 Å². The summed E-state index contributed by atoms with van der Waals surface area (Å²) in [5.41, 5.74) is 0.446. The van der Waals surface area contributed by atoms with Crippen LogP contribution in [0.1, 0.15) is 33.7 Å². The molecule has 0 atom stereocenters. The van der Waals surface area contributed by atoms with Crippen LogP contribution in [-0.4, -0.2) is 53.8 Å². The average Bonchev–Trinajstić information content (AvgIpc) is 3.48. The molecule has 0 radical (unpaired) electrons. The second kappa shape index (κ2) is 8.86. The van der Waals surface area contributed by atoms with Crippen LogP contribution in [0.3, 0.4) is 0 Å². The lowest BCUT2D eigenvalue weighted by Crippen LogP contribution is -2.27. The maximum Gasteiger partial charge on any atom is 0.344 e. The van der Waals surface area contributed by atoms with Crippen LogP contribution < -0.4 is 10.4 Å². The second-order valence-corrected chi connectivity index (χ2v) is 7.13. The lowest BCUT2D eigenvalue weighted by atomic mass is 10.2. The highest BCUT2D eigenvalue weighted by Crippen LogP contribution is 2.19. The first-order valence-electron chi connectivity index (χ1n) is 9.83. The van der Waals surface area contributed by atoms with Crippen molar-refractivity contribution in [2.75, 3.05) is 26.3 Å². The van der Waals surface area contributed by atoms with Crippen molar-refractivity contribution >= 4 is 28.6 Å². The van der Waals surface area contributed by atoms with Gasteiger partial charge in [0, 0.05) is 42.4 Å². The molecule has 1 amide bonds. The molecule has 0 aliphatic carbocycles. The van der Waals surface area contributed by atoms with Gasteiger partial charge in [0.2, 0.25) is 5.78 Å². The van der Waals surface area contributed by atoms with Crippen molar-refractivity contribution < 1.29 is 28.3 Å². The molecule has 1 aliphatic heterocycles. The molecule has 31 heavy (non-hydrogen) atoms. The van der Waals surface area contributed by atoms with Gasteiger partial charge >= 0.3 is 11.6 Å². The fourth-order valence-electron chi connectivity index (χ4n) is 3.31. The molecular formula is C22H20N2O7. The summed E-state index contributed by atoms with van der Waals surface area (Å²) in [6, 6.07) is 9.21. The number of ether oxygens (including phenoxy) is 2. The SMILES string of the molecule is O=C(COc1ccc2ccc(=O)oc2c1)OCC(=O)c1c[nH]c(C(=O)N2CCCC2)c1. The summed E-state index contributed by atoms with van der Waals surface area (Å²) in [5.74, 6) is -0.988. The van der Waals surface area contributed by atoms with Crippen LogP contribution in [0, 0.1) is 0 Å². The van der Waals surface area contributed by atoms with Crippen molar-refractivity contribution in [1.29, 1.82) is 0 Å². The zero-order valence-corrected chi connectivity index (χ0v) is 16.6. The molecule has 0 spiro atoms. The number of carbonyl (C=O) groups is 3. The Hall–Kier alpha value is -3.88. The zero-order chi connectivity index (χ0) is 21.8. The number of aromatic nitrogens is 1. The zero-order valence-electron chi connectivity index (χ0n) is 16.6. The quantitative estimate of drug-likeness (QED) is 0.351. The predicted octanol–water partition coefficient (Wildman–Crippen LogP) is 2.16. The Morgan fingerprint density at radius 1 is 1.03 bits per heavy atom. The minimum atomic E-state index is -0.730. The van der Waals surface area contributed by atoms with Crippen molar-refractivity contribution in [2.24, 2.45) is 0 Å². The van der Waals surface area contributed by atoms with E-state index < -0.39 is 30.6 Å². The topological polar surface area (TPSA) is 119 Å². The van der Waals surface area contributed by atoms with Crippen molar-refractivity contribution in [3.05, 3.63) is 64.3 Å². The molecule has 1 fully saturated rings. The van der Waals surface area contributed by atoms with Gasteiger partial charge in [0.1, 0.15) is 17.0 Å². The molecule has 1 aliphatic rings. The van der Waals surface area contributed by atoms with Crippen molar-refractivity contribution in [3.63, 3.8) is 0 Å². The number of benzene rings is 1. The van der Waals surface area contributed by atoms with Crippen molar-refractivity contribution in [3.8, 4) is 5.75 Å². The van der Waals surface area contributed by atoms with E-state index in [1.165, 1.54) is 24.4 Å². The van der Waals surface area contributed by atoms with E-state index in [0.717, 1.165) is 12.8 Å². The number of likely N-dealkylation sites (tertiary alicyclic amines) is 1. The van der Waals surface area contributed by atoms with Gasteiger partial charge in [-0.05, 0) is 37.1 Å². The molecule has 4 rings (SSSR count). The minimum absolute atomic E-state index is 0.145. The first-order chi connectivity index (χ1) is 15.0. The summed E-state index contributed by atoms with van der Waals surface area (Å²) in [6.45, 7) is 0.538. The second-order valence-electron chi connectivity index (χ2n) is 7.13. The number of ketones is 1. The van der Waals surface area contributed by atoms with Gasteiger partial charge in [-0.2, -0.15) is 0 Å². The number of hydrogen-bond donors (Lipinski definition) is 1. The van der Waals surface area contributed by atoms with Gasteiger partial charge in [-0.15, -0.1) is 0 Å². The molecular weight excluding hydrogens is 404 g/mol. The Bertz CT molecular complexity index is 1190. The van der Waals surface area contributed by atoms with Crippen LogP contribution in [0.2, 0.25) is 0 Å². The Balaban J connectivity index is 1.27. The summed E-state index contributed by atoms with van der Waals surface area (Å²) in [6.07, 6.45) is 3.38. The summed E-state index contributed by atoms with van der Waals surface area (Å²) in [4.78, 5) is 52.3. The van der Waals surface area contributed by atoms with Gasteiger partial charge < -0.3 is 23.8 Å². The lowest BCUT2D eigenvalue weighted by Gasteiger charge is -2.13. The summed E-state index contributed by atoms with van der Waals surface area (Å²) >= 11 is 0. The van der Waals surface area contributed by atoms with Gasteiger partial charge in [0.05, 0.1) is 0 Å². The van der Waals surface area contributed by atoms with Crippen LogP contribution >= 0.6 is 0 Å². The molecule has 9 nitrogen and oxygen atoms in total. The number of H-pyrrole nitrogens is 1.